The molecule has 1 aromatic carbocycles. The lowest BCUT2D eigenvalue weighted by Crippen LogP contribution is -2.32. The van der Waals surface area contributed by atoms with E-state index in [2.05, 4.69) is 16.4 Å². The molecule has 1 amide bonds. The molecule has 176 valence electrons. The summed E-state index contributed by atoms with van der Waals surface area (Å²) in [6.45, 7) is -3.11. The van der Waals surface area contributed by atoms with Gasteiger partial charge in [0.2, 0.25) is 0 Å². The number of benzene rings is 1. The lowest BCUT2D eigenvalue weighted by molar-refractivity contribution is -0.0502. The van der Waals surface area contributed by atoms with Gasteiger partial charge >= 0.3 is 6.61 Å². The highest BCUT2D eigenvalue weighted by Gasteiger charge is 2.31. The SMILES string of the molecule is COc1cc(-c2cnc3cc(OC4CC(C#N)C4)ccn23)cc(OC(F)F)c1C(=O)NC1CC1. The Labute approximate surface area is 194 Å². The number of carbonyl (C=O) groups excluding carboxylic acids is 1. The van der Waals surface area contributed by atoms with E-state index in [1.54, 1.807) is 35.0 Å². The highest BCUT2D eigenvalue weighted by atomic mass is 19.3. The Bertz CT molecular complexity index is 1280. The smallest absolute Gasteiger partial charge is 0.387 e. The number of alkyl halides is 2. The van der Waals surface area contributed by atoms with Crippen LogP contribution in [-0.2, 0) is 0 Å². The first kappa shape index (κ1) is 21.9. The van der Waals surface area contributed by atoms with Gasteiger partial charge in [0.1, 0.15) is 34.6 Å². The van der Waals surface area contributed by atoms with Crippen molar-refractivity contribution in [3.05, 3.63) is 42.2 Å². The Balaban J connectivity index is 1.48. The fourth-order valence-electron chi connectivity index (χ4n) is 4.01. The minimum Gasteiger partial charge on any atom is -0.496 e. The summed E-state index contributed by atoms with van der Waals surface area (Å²) >= 11 is 0. The fraction of sp³-hybridized carbons (Fsp3) is 0.375. The normalized spacial score (nSPS) is 19.4. The number of nitrogens with zero attached hydrogens (tertiary/aromatic N) is 3. The molecular formula is C24H22F2N4O4. The maximum absolute atomic E-state index is 13.2. The highest BCUT2D eigenvalue weighted by Crippen LogP contribution is 2.37. The first-order valence-corrected chi connectivity index (χ1v) is 11.0. The molecule has 0 spiro atoms. The second-order valence-electron chi connectivity index (χ2n) is 8.45. The molecule has 2 aliphatic rings. The third-order valence-electron chi connectivity index (χ3n) is 6.00. The van der Waals surface area contributed by atoms with E-state index in [9.17, 15) is 13.6 Å². The number of halogens is 2. The standard InChI is InChI=1S/C24H22F2N4O4/c1-32-19-8-14(9-20(34-24(25)26)22(19)23(31)29-15-2-3-15)18-12-28-21-10-16(4-5-30(18)21)33-17-6-13(7-17)11-27/h4-5,8-10,12-13,15,17,24H,2-3,6-7H2,1H3,(H,29,31). The lowest BCUT2D eigenvalue weighted by Gasteiger charge is -2.30. The van der Waals surface area contributed by atoms with Crippen molar-refractivity contribution in [2.75, 3.05) is 7.11 Å². The molecule has 0 saturated heterocycles. The van der Waals surface area contributed by atoms with Crippen molar-refractivity contribution >= 4 is 11.6 Å². The molecule has 34 heavy (non-hydrogen) atoms. The Morgan fingerprint density at radius 3 is 2.71 bits per heavy atom. The molecule has 2 heterocycles. The van der Waals surface area contributed by atoms with E-state index in [0.717, 1.165) is 12.8 Å². The summed E-state index contributed by atoms with van der Waals surface area (Å²) in [5, 5.41) is 11.7. The van der Waals surface area contributed by atoms with E-state index >= 15 is 0 Å². The number of nitrogens with one attached hydrogen (secondary N) is 1. The molecule has 2 fully saturated rings. The van der Waals surface area contributed by atoms with Crippen LogP contribution < -0.4 is 19.5 Å². The number of amides is 1. The average molecular weight is 468 g/mol. The third kappa shape index (κ3) is 4.33. The van der Waals surface area contributed by atoms with Crippen LogP contribution in [0.15, 0.2) is 36.7 Å². The van der Waals surface area contributed by atoms with Gasteiger partial charge < -0.3 is 19.5 Å². The van der Waals surface area contributed by atoms with E-state index in [4.69, 9.17) is 19.5 Å². The van der Waals surface area contributed by atoms with Crippen LogP contribution in [0.4, 0.5) is 8.78 Å². The first-order chi connectivity index (χ1) is 16.4. The van der Waals surface area contributed by atoms with E-state index in [1.165, 1.54) is 13.2 Å². The Kier molecular flexibility index (Phi) is 5.69. The molecule has 3 aromatic rings. The van der Waals surface area contributed by atoms with Gasteiger partial charge in [-0.3, -0.25) is 9.20 Å². The zero-order chi connectivity index (χ0) is 23.8. The maximum atomic E-state index is 13.2. The van der Waals surface area contributed by atoms with Crippen molar-refractivity contribution < 1.29 is 27.8 Å². The number of fused-ring (bicyclic) bond motifs is 1. The lowest BCUT2D eigenvalue weighted by atomic mass is 9.83. The number of rotatable bonds is 8. The molecular weight excluding hydrogens is 446 g/mol. The largest absolute Gasteiger partial charge is 0.496 e. The number of imidazole rings is 1. The Morgan fingerprint density at radius 1 is 1.26 bits per heavy atom. The van der Waals surface area contributed by atoms with Gasteiger partial charge in [-0.1, -0.05) is 0 Å². The number of hydrogen-bond donors (Lipinski definition) is 1. The van der Waals surface area contributed by atoms with Crippen molar-refractivity contribution in [2.45, 2.75) is 44.4 Å². The molecule has 2 saturated carbocycles. The summed E-state index contributed by atoms with van der Waals surface area (Å²) in [6.07, 6.45) is 6.48. The maximum Gasteiger partial charge on any atom is 0.387 e. The summed E-state index contributed by atoms with van der Waals surface area (Å²) < 4.78 is 44.2. The average Bonchev–Trinajstić information content (AvgIpc) is 3.50. The van der Waals surface area contributed by atoms with Gasteiger partial charge in [-0.15, -0.1) is 0 Å². The summed E-state index contributed by atoms with van der Waals surface area (Å²) in [7, 11) is 1.37. The van der Waals surface area contributed by atoms with Crippen LogP contribution in [0.1, 0.15) is 36.0 Å². The zero-order valence-electron chi connectivity index (χ0n) is 18.3. The minimum absolute atomic E-state index is 0.00850. The number of ether oxygens (including phenoxy) is 3. The van der Waals surface area contributed by atoms with E-state index in [1.807, 2.05) is 0 Å². The van der Waals surface area contributed by atoms with Crippen LogP contribution in [0.3, 0.4) is 0 Å². The second-order valence-corrected chi connectivity index (χ2v) is 8.45. The summed E-state index contributed by atoms with van der Waals surface area (Å²) in [4.78, 5) is 17.1. The van der Waals surface area contributed by atoms with E-state index in [0.29, 0.717) is 35.5 Å². The Morgan fingerprint density at radius 2 is 2.03 bits per heavy atom. The van der Waals surface area contributed by atoms with Crippen molar-refractivity contribution in [2.24, 2.45) is 5.92 Å². The van der Waals surface area contributed by atoms with Crippen LogP contribution in [0.2, 0.25) is 0 Å². The fourth-order valence-corrected chi connectivity index (χ4v) is 4.01. The highest BCUT2D eigenvalue weighted by molar-refractivity contribution is 6.01. The summed E-state index contributed by atoms with van der Waals surface area (Å²) in [5.74, 6) is 0.0157. The number of methoxy groups -OCH3 is 1. The third-order valence-corrected chi connectivity index (χ3v) is 6.00. The van der Waals surface area contributed by atoms with Crippen molar-refractivity contribution in [1.82, 2.24) is 14.7 Å². The van der Waals surface area contributed by atoms with Gasteiger partial charge in [-0.25, -0.2) is 4.98 Å². The predicted octanol–water partition coefficient (Wildman–Crippen LogP) is 4.18. The van der Waals surface area contributed by atoms with Gasteiger partial charge in [0.25, 0.3) is 5.91 Å². The molecule has 0 aliphatic heterocycles. The first-order valence-electron chi connectivity index (χ1n) is 11.0. The van der Waals surface area contributed by atoms with Crippen molar-refractivity contribution in [3.8, 4) is 34.6 Å². The van der Waals surface area contributed by atoms with Crippen molar-refractivity contribution in [1.29, 1.82) is 5.26 Å². The number of hydrogen-bond acceptors (Lipinski definition) is 6. The van der Waals surface area contributed by atoms with Gasteiger partial charge in [-0.2, -0.15) is 14.0 Å². The van der Waals surface area contributed by atoms with Gasteiger partial charge in [0, 0.05) is 36.7 Å². The summed E-state index contributed by atoms with van der Waals surface area (Å²) in [5.41, 5.74) is 1.61. The van der Waals surface area contributed by atoms with Gasteiger partial charge in [0.05, 0.1) is 31.0 Å². The molecule has 0 unspecified atom stereocenters. The molecule has 2 aromatic heterocycles. The number of pyridine rings is 1. The Hall–Kier alpha value is -3.87. The second kappa shape index (κ2) is 8.82. The van der Waals surface area contributed by atoms with Crippen LogP contribution >= 0.6 is 0 Å². The molecule has 5 rings (SSSR count). The van der Waals surface area contributed by atoms with E-state index in [-0.39, 0.29) is 35.1 Å². The van der Waals surface area contributed by atoms with Crippen LogP contribution in [0, 0.1) is 17.2 Å². The predicted molar refractivity (Wildman–Crippen MR) is 117 cm³/mol. The molecule has 0 bridgehead atoms. The number of aromatic nitrogens is 2. The molecule has 2 aliphatic carbocycles. The van der Waals surface area contributed by atoms with Gasteiger partial charge in [-0.05, 0) is 31.0 Å². The topological polar surface area (TPSA) is 97.9 Å². The summed E-state index contributed by atoms with van der Waals surface area (Å²) in [6, 6.07) is 8.81. The number of nitriles is 1. The molecule has 8 nitrogen and oxygen atoms in total. The molecule has 0 atom stereocenters. The number of carbonyl (C=O) groups is 1. The molecule has 10 heteroatoms. The quantitative estimate of drug-likeness (QED) is 0.533. The monoisotopic (exact) mass is 468 g/mol. The zero-order valence-corrected chi connectivity index (χ0v) is 18.3. The van der Waals surface area contributed by atoms with E-state index < -0.39 is 12.5 Å². The van der Waals surface area contributed by atoms with Crippen molar-refractivity contribution in [3.63, 3.8) is 0 Å². The van der Waals surface area contributed by atoms with Gasteiger partial charge in [0.15, 0.2) is 0 Å². The van der Waals surface area contributed by atoms with Crippen LogP contribution in [0.25, 0.3) is 16.9 Å². The molecule has 1 N–H and O–H groups in total. The van der Waals surface area contributed by atoms with Crippen LogP contribution in [0.5, 0.6) is 17.2 Å². The molecule has 0 radical (unpaired) electrons. The van der Waals surface area contributed by atoms with Crippen LogP contribution in [-0.4, -0.2) is 41.2 Å². The minimum atomic E-state index is -3.11.